The highest BCUT2D eigenvalue weighted by molar-refractivity contribution is 8.00. The molecule has 8 nitrogen and oxygen atoms in total. The molecule has 4 unspecified atom stereocenters. The van der Waals surface area contributed by atoms with Crippen LogP contribution in [0.25, 0.3) is 11.4 Å². The first-order chi connectivity index (χ1) is 14.8. The number of thioether (sulfide) groups is 1. The fourth-order valence-corrected chi connectivity index (χ4v) is 7.06. The van der Waals surface area contributed by atoms with Gasteiger partial charge in [-0.1, -0.05) is 31.5 Å². The second-order valence-corrected chi connectivity index (χ2v) is 12.2. The molecule has 0 radical (unpaired) electrons. The zero-order chi connectivity index (χ0) is 22.0. The number of amides is 1. The number of sulfone groups is 1. The number of carbonyl (C=O) groups excluding carboxylic acids is 1. The average Bonchev–Trinajstić information content (AvgIpc) is 3.31. The molecule has 168 valence electrons. The molecule has 10 heteroatoms. The first kappa shape index (κ1) is 22.3. The van der Waals surface area contributed by atoms with Crippen LogP contribution in [0.5, 0.6) is 0 Å². The van der Waals surface area contributed by atoms with Crippen molar-refractivity contribution in [2.45, 2.75) is 68.4 Å². The second kappa shape index (κ2) is 9.28. The third-order valence-electron chi connectivity index (χ3n) is 6.21. The van der Waals surface area contributed by atoms with Crippen LogP contribution in [0.15, 0.2) is 29.7 Å². The van der Waals surface area contributed by atoms with Gasteiger partial charge >= 0.3 is 0 Å². The van der Waals surface area contributed by atoms with E-state index in [1.807, 2.05) is 19.1 Å². The van der Waals surface area contributed by atoms with Gasteiger partial charge in [0, 0.05) is 30.0 Å². The molecule has 0 spiro atoms. The highest BCUT2D eigenvalue weighted by Gasteiger charge is 2.32. The summed E-state index contributed by atoms with van der Waals surface area (Å²) in [6, 6.07) is 3.84. The number of rotatable bonds is 6. The van der Waals surface area contributed by atoms with Crippen LogP contribution in [0.1, 0.15) is 52.0 Å². The minimum Gasteiger partial charge on any atom is -0.351 e. The molecule has 2 aromatic heterocycles. The van der Waals surface area contributed by atoms with Crippen molar-refractivity contribution in [1.29, 1.82) is 0 Å². The minimum absolute atomic E-state index is 0.0249. The summed E-state index contributed by atoms with van der Waals surface area (Å²) in [5.41, 5.74) is 0.910. The number of hydrogen-bond donors (Lipinski definition) is 1. The maximum Gasteiger partial charge on any atom is 0.233 e. The van der Waals surface area contributed by atoms with Crippen molar-refractivity contribution in [2.24, 2.45) is 5.92 Å². The smallest absolute Gasteiger partial charge is 0.233 e. The highest BCUT2D eigenvalue weighted by atomic mass is 32.2. The van der Waals surface area contributed by atoms with Crippen molar-refractivity contribution < 1.29 is 13.2 Å². The molecule has 2 fully saturated rings. The summed E-state index contributed by atoms with van der Waals surface area (Å²) >= 11 is 1.38. The molecule has 31 heavy (non-hydrogen) atoms. The Kier molecular flexibility index (Phi) is 6.66. The molecule has 2 aromatic rings. The summed E-state index contributed by atoms with van der Waals surface area (Å²) in [5, 5.41) is 12.1. The summed E-state index contributed by atoms with van der Waals surface area (Å²) < 4.78 is 25.6. The molecule has 0 aromatic carbocycles. The lowest BCUT2D eigenvalue weighted by molar-refractivity contribution is -0.120. The fourth-order valence-electron chi connectivity index (χ4n) is 4.47. The Hall–Kier alpha value is -1.94. The topological polar surface area (TPSA) is 107 Å². The number of hydrogen-bond acceptors (Lipinski definition) is 7. The molecular weight excluding hydrogens is 434 g/mol. The van der Waals surface area contributed by atoms with Gasteiger partial charge in [-0.25, -0.2) is 8.42 Å². The largest absolute Gasteiger partial charge is 0.351 e. The molecule has 1 amide bonds. The van der Waals surface area contributed by atoms with E-state index in [4.69, 9.17) is 0 Å². The molecule has 1 aliphatic heterocycles. The summed E-state index contributed by atoms with van der Waals surface area (Å²) in [6.07, 6.45) is 8.61. The number of nitrogens with zero attached hydrogens (tertiary/aromatic N) is 4. The van der Waals surface area contributed by atoms with Gasteiger partial charge in [-0.3, -0.25) is 14.3 Å². The average molecular weight is 464 g/mol. The van der Waals surface area contributed by atoms with Crippen LogP contribution >= 0.6 is 11.8 Å². The lowest BCUT2D eigenvalue weighted by atomic mass is 9.85. The maximum atomic E-state index is 12.7. The predicted octanol–water partition coefficient (Wildman–Crippen LogP) is 2.88. The summed E-state index contributed by atoms with van der Waals surface area (Å²) in [4.78, 5) is 17.0. The van der Waals surface area contributed by atoms with Gasteiger partial charge in [0.2, 0.25) is 5.91 Å². The van der Waals surface area contributed by atoms with Gasteiger partial charge in [-0.2, -0.15) is 0 Å². The van der Waals surface area contributed by atoms with Crippen molar-refractivity contribution in [3.63, 3.8) is 0 Å². The van der Waals surface area contributed by atoms with E-state index in [0.29, 0.717) is 12.3 Å². The lowest BCUT2D eigenvalue weighted by Gasteiger charge is -2.31. The standard InChI is InChI=1S/C21H29N5O3S2/c1-14-6-3-4-8-18(14)26-19(16-7-5-10-22-12-16)24-25-21(26)30-15(2)20(27)23-17-9-11-31(28,29)13-17/h5,7,10,12,14-15,17-18H,3-4,6,8-9,11,13H2,1-2H3,(H,23,27). The highest BCUT2D eigenvalue weighted by Crippen LogP contribution is 2.39. The number of nitrogens with one attached hydrogen (secondary N) is 1. The van der Waals surface area contributed by atoms with E-state index in [2.05, 4.69) is 32.0 Å². The first-order valence-electron chi connectivity index (χ1n) is 10.9. The fraction of sp³-hybridized carbons (Fsp3) is 0.619. The lowest BCUT2D eigenvalue weighted by Crippen LogP contribution is -2.40. The molecule has 3 heterocycles. The number of aromatic nitrogens is 4. The molecule has 1 saturated heterocycles. The van der Waals surface area contributed by atoms with Gasteiger partial charge in [-0.05, 0) is 44.2 Å². The summed E-state index contributed by atoms with van der Waals surface area (Å²) in [6.45, 7) is 4.10. The Bertz CT molecular complexity index is 1020. The Labute approximate surface area is 187 Å². The molecule has 1 saturated carbocycles. The van der Waals surface area contributed by atoms with E-state index in [-0.39, 0.29) is 29.5 Å². The Morgan fingerprint density at radius 2 is 2.06 bits per heavy atom. The van der Waals surface area contributed by atoms with Crippen LogP contribution in [-0.2, 0) is 14.6 Å². The SMILES string of the molecule is CC(Sc1nnc(-c2cccnc2)n1C1CCCCC1C)C(=O)NC1CCS(=O)(=O)C1. The minimum atomic E-state index is -3.03. The third kappa shape index (κ3) is 5.11. The van der Waals surface area contributed by atoms with Crippen LogP contribution in [0.4, 0.5) is 0 Å². The van der Waals surface area contributed by atoms with Gasteiger partial charge in [0.25, 0.3) is 0 Å². The van der Waals surface area contributed by atoms with Crippen LogP contribution in [0.2, 0.25) is 0 Å². The zero-order valence-corrected chi connectivity index (χ0v) is 19.5. The summed E-state index contributed by atoms with van der Waals surface area (Å²) in [5.74, 6) is 1.27. The number of carbonyl (C=O) groups is 1. The van der Waals surface area contributed by atoms with Gasteiger partial charge in [-0.15, -0.1) is 10.2 Å². The maximum absolute atomic E-state index is 12.7. The van der Waals surface area contributed by atoms with E-state index < -0.39 is 15.1 Å². The Morgan fingerprint density at radius 3 is 2.74 bits per heavy atom. The normalized spacial score (nSPS) is 26.5. The van der Waals surface area contributed by atoms with Crippen molar-refractivity contribution in [3.05, 3.63) is 24.5 Å². The molecule has 1 N–H and O–H groups in total. The van der Waals surface area contributed by atoms with Crippen molar-refractivity contribution in [1.82, 2.24) is 25.1 Å². The first-order valence-corrected chi connectivity index (χ1v) is 13.6. The van der Waals surface area contributed by atoms with Gasteiger partial charge in [0.05, 0.1) is 16.8 Å². The quantitative estimate of drug-likeness (QED) is 0.657. The van der Waals surface area contributed by atoms with E-state index in [1.165, 1.54) is 18.2 Å². The van der Waals surface area contributed by atoms with Crippen molar-refractivity contribution in [2.75, 3.05) is 11.5 Å². The van der Waals surface area contributed by atoms with E-state index in [0.717, 1.165) is 35.8 Å². The Morgan fingerprint density at radius 1 is 1.26 bits per heavy atom. The van der Waals surface area contributed by atoms with E-state index in [9.17, 15) is 13.2 Å². The third-order valence-corrected chi connectivity index (χ3v) is 9.04. The molecule has 0 bridgehead atoms. The van der Waals surface area contributed by atoms with Crippen LogP contribution in [0, 0.1) is 5.92 Å². The molecule has 1 aliphatic carbocycles. The van der Waals surface area contributed by atoms with Crippen LogP contribution in [0.3, 0.4) is 0 Å². The van der Waals surface area contributed by atoms with Gasteiger partial charge < -0.3 is 5.32 Å². The van der Waals surface area contributed by atoms with Gasteiger partial charge in [0.1, 0.15) is 0 Å². The molecule has 4 rings (SSSR count). The monoisotopic (exact) mass is 463 g/mol. The van der Waals surface area contributed by atoms with E-state index in [1.54, 1.807) is 12.4 Å². The predicted molar refractivity (Wildman–Crippen MR) is 120 cm³/mol. The zero-order valence-electron chi connectivity index (χ0n) is 17.9. The number of pyridine rings is 1. The van der Waals surface area contributed by atoms with Crippen LogP contribution < -0.4 is 5.32 Å². The molecular formula is C21H29N5O3S2. The molecule has 2 aliphatic rings. The van der Waals surface area contributed by atoms with Crippen molar-refractivity contribution in [3.8, 4) is 11.4 Å². The van der Waals surface area contributed by atoms with Crippen LogP contribution in [-0.4, -0.2) is 56.9 Å². The second-order valence-electron chi connectivity index (χ2n) is 8.62. The molecule has 4 atom stereocenters. The van der Waals surface area contributed by atoms with Gasteiger partial charge in [0.15, 0.2) is 20.8 Å². The summed E-state index contributed by atoms with van der Waals surface area (Å²) in [7, 11) is -3.03. The Balaban J connectivity index is 1.56. The van der Waals surface area contributed by atoms with E-state index >= 15 is 0 Å². The van der Waals surface area contributed by atoms with Crippen molar-refractivity contribution >= 4 is 27.5 Å².